The second-order valence-electron chi connectivity index (χ2n) is 24.0. The van der Waals surface area contributed by atoms with E-state index in [-0.39, 0.29) is 43.0 Å². The molecule has 25 nitrogen and oxygen atoms in total. The quantitative estimate of drug-likeness (QED) is 0.0489. The first-order chi connectivity index (χ1) is 43.8. The Balaban J connectivity index is 0.000000133. The number of nitrogens with two attached hydrogens (primary N) is 3. The SMILES string of the molecule is CC(C)(CCO)n1cc2c(N)nc3cc(-c4ccn[nH]4)ccc3c2n1.COC(=O)C=C(C)C.COC(=O)CC(C)(C)n1cc2c(N)nc3cc(-c4ccnn4C4CCCCO4)ccc3c2n1.Nc1nc2cc(-c3ccnn3C3CCCCO3)ccc2c2[nH]ncc12. The number of aliphatic hydroxyl groups is 1. The first kappa shape index (κ1) is 62.5. The molecule has 2 fully saturated rings. The number of aromatic amines is 2. The summed E-state index contributed by atoms with van der Waals surface area (Å²) in [5.41, 5.74) is 29.5. The summed E-state index contributed by atoms with van der Waals surface area (Å²) in [6, 6.07) is 24.2. The van der Waals surface area contributed by atoms with Crippen LogP contribution in [0.3, 0.4) is 0 Å². The fraction of sp³-hybridized carbons (Fsp3) is 0.348. The van der Waals surface area contributed by atoms with E-state index in [4.69, 9.17) is 41.6 Å². The number of nitrogen functional groups attached to an aromatic ring is 3. The highest BCUT2D eigenvalue weighted by Crippen LogP contribution is 2.37. The summed E-state index contributed by atoms with van der Waals surface area (Å²) in [5, 5.41) is 47.2. The molecule has 472 valence electrons. The van der Waals surface area contributed by atoms with E-state index >= 15 is 0 Å². The summed E-state index contributed by atoms with van der Waals surface area (Å²) in [4.78, 5) is 36.0. The molecule has 11 heterocycles. The van der Waals surface area contributed by atoms with Crippen LogP contribution >= 0.6 is 0 Å². The van der Waals surface area contributed by atoms with Crippen LogP contribution in [0.4, 0.5) is 17.5 Å². The standard InChI is InChI=1S/C24H28N6O3.C18H18N6O.C18H20N6O.C6H10O2/c1-24(2,13-21(31)32-3)29-14-17-22(28-29)16-8-7-15(12-18(16)27-23(17)25)19-9-10-26-30(19)20-6-4-5-11-33-20;19-18-13-10-20-23-17(13)12-5-4-11(9-14(12)22-18)15-6-7-21-24(15)16-3-1-2-8-25-16;1-18(2,6-8-25)24-10-13-16(23-24)12-4-3-11(14-5-7-20-22-14)9-15(12)21-17(13)19;1-5(2)4-6(7)8-3/h7-10,12,14,20H,4-6,11,13H2,1-3H3,(H2,25,27);4-7,9-10,16H,1-3,8H2,(H2,19,22)(H,20,23);3-5,7,9-10,25H,6,8H2,1-2H3,(H2,19,21)(H,20,22);4H,1-3H3. The van der Waals surface area contributed by atoms with Gasteiger partial charge in [-0.25, -0.2) is 29.1 Å². The summed E-state index contributed by atoms with van der Waals surface area (Å²) >= 11 is 0. The van der Waals surface area contributed by atoms with Gasteiger partial charge in [-0.3, -0.25) is 24.4 Å². The highest BCUT2D eigenvalue weighted by Gasteiger charge is 2.29. The molecule has 2 unspecified atom stereocenters. The molecule has 0 radical (unpaired) electrons. The number of aliphatic hydroxyl groups excluding tert-OH is 1. The number of nitrogens with one attached hydrogen (secondary N) is 2. The number of ether oxygens (including phenoxy) is 4. The topological polar surface area (TPSA) is 337 Å². The van der Waals surface area contributed by atoms with Crippen molar-refractivity contribution in [1.29, 1.82) is 0 Å². The summed E-state index contributed by atoms with van der Waals surface area (Å²) in [6.07, 6.45) is 19.4. The van der Waals surface area contributed by atoms with Gasteiger partial charge in [0.05, 0.1) is 93.2 Å². The molecule has 25 heteroatoms. The third-order valence-corrected chi connectivity index (χ3v) is 16.4. The fourth-order valence-electron chi connectivity index (χ4n) is 11.4. The molecule has 0 amide bonds. The van der Waals surface area contributed by atoms with Gasteiger partial charge in [-0.15, -0.1) is 0 Å². The lowest BCUT2D eigenvalue weighted by atomic mass is 10.0. The van der Waals surface area contributed by atoms with Gasteiger partial charge in [0, 0.05) is 89.7 Å². The Labute approximate surface area is 523 Å². The Hall–Kier alpha value is -10.1. The van der Waals surface area contributed by atoms with Gasteiger partial charge in [0.1, 0.15) is 28.5 Å². The Morgan fingerprint density at radius 1 is 0.626 bits per heavy atom. The van der Waals surface area contributed by atoms with E-state index in [9.17, 15) is 14.7 Å². The molecule has 14 rings (SSSR count). The number of esters is 2. The number of hydrogen-bond donors (Lipinski definition) is 6. The normalized spacial score (nSPS) is 15.2. The van der Waals surface area contributed by atoms with Gasteiger partial charge in [-0.05, 0) is 141 Å². The van der Waals surface area contributed by atoms with Crippen LogP contribution in [-0.4, -0.2) is 126 Å². The summed E-state index contributed by atoms with van der Waals surface area (Å²) in [6.45, 7) is 13.3. The number of benzene rings is 3. The van der Waals surface area contributed by atoms with E-state index < -0.39 is 5.54 Å². The lowest BCUT2D eigenvalue weighted by Crippen LogP contribution is -2.30. The number of rotatable bonds is 12. The number of aromatic nitrogens is 15. The molecule has 0 spiro atoms. The van der Waals surface area contributed by atoms with Gasteiger partial charge in [0.25, 0.3) is 0 Å². The molecular formula is C66H76N18O7. The fourth-order valence-corrected chi connectivity index (χ4v) is 11.4. The van der Waals surface area contributed by atoms with Crippen LogP contribution in [0.25, 0.3) is 99.2 Å². The average Bonchev–Trinajstić information content (AvgIpc) is 1.77. The molecule has 2 aliphatic rings. The van der Waals surface area contributed by atoms with Crippen molar-refractivity contribution in [3.8, 4) is 33.8 Å². The third kappa shape index (κ3) is 13.3. The zero-order valence-electron chi connectivity index (χ0n) is 52.3. The number of carbonyl (C=O) groups is 2. The van der Waals surface area contributed by atoms with E-state index in [0.717, 1.165) is 157 Å². The molecule has 0 saturated carbocycles. The number of hydrogen-bond acceptors (Lipinski definition) is 19. The predicted octanol–water partition coefficient (Wildman–Crippen LogP) is 11.1. The minimum atomic E-state index is -0.572. The van der Waals surface area contributed by atoms with Crippen molar-refractivity contribution in [3.05, 3.63) is 122 Å². The van der Waals surface area contributed by atoms with Crippen LogP contribution in [0.15, 0.2) is 122 Å². The van der Waals surface area contributed by atoms with Crippen molar-refractivity contribution < 1.29 is 33.6 Å². The van der Waals surface area contributed by atoms with E-state index in [1.54, 1.807) is 23.3 Å². The van der Waals surface area contributed by atoms with E-state index in [1.807, 2.05) is 129 Å². The smallest absolute Gasteiger partial charge is 0.330 e. The van der Waals surface area contributed by atoms with Gasteiger partial charge in [-0.2, -0.15) is 30.6 Å². The van der Waals surface area contributed by atoms with Gasteiger partial charge in [0.15, 0.2) is 12.5 Å². The van der Waals surface area contributed by atoms with Gasteiger partial charge < -0.3 is 41.3 Å². The van der Waals surface area contributed by atoms with Crippen LogP contribution in [0.2, 0.25) is 0 Å². The van der Waals surface area contributed by atoms with Crippen molar-refractivity contribution in [3.63, 3.8) is 0 Å². The van der Waals surface area contributed by atoms with Crippen molar-refractivity contribution >= 4 is 94.8 Å². The number of anilines is 3. The maximum atomic E-state index is 11.9. The Bertz CT molecular complexity index is 4600. The van der Waals surface area contributed by atoms with Crippen LogP contribution in [0.1, 0.15) is 105 Å². The first-order valence-corrected chi connectivity index (χ1v) is 30.3. The van der Waals surface area contributed by atoms with Crippen molar-refractivity contribution in [2.75, 3.05) is 51.2 Å². The second kappa shape index (κ2) is 26.5. The molecule has 12 aromatic rings. The number of carbonyl (C=O) groups excluding carboxylic acids is 2. The van der Waals surface area contributed by atoms with Gasteiger partial charge in [0.2, 0.25) is 0 Å². The lowest BCUT2D eigenvalue weighted by molar-refractivity contribution is -0.142. The highest BCUT2D eigenvalue weighted by molar-refractivity contribution is 6.10. The maximum Gasteiger partial charge on any atom is 0.330 e. The second-order valence-corrected chi connectivity index (χ2v) is 24.0. The Morgan fingerprint density at radius 3 is 1.63 bits per heavy atom. The van der Waals surface area contributed by atoms with E-state index in [0.29, 0.717) is 23.9 Å². The molecule has 2 atom stereocenters. The van der Waals surface area contributed by atoms with Gasteiger partial charge in [-0.1, -0.05) is 23.8 Å². The molecule has 0 aliphatic carbocycles. The monoisotopic (exact) mass is 1230 g/mol. The molecule has 3 aromatic carbocycles. The number of methoxy groups -OCH3 is 2. The zero-order valence-corrected chi connectivity index (χ0v) is 52.3. The van der Waals surface area contributed by atoms with Crippen LogP contribution in [0, 0.1) is 0 Å². The minimum absolute atomic E-state index is 0.00237. The molecule has 91 heavy (non-hydrogen) atoms. The summed E-state index contributed by atoms with van der Waals surface area (Å²) in [5.74, 6) is 0.760. The van der Waals surface area contributed by atoms with E-state index in [2.05, 4.69) is 68.5 Å². The summed E-state index contributed by atoms with van der Waals surface area (Å²) < 4.78 is 28.6. The number of allylic oxidation sites excluding steroid dienone is 1. The minimum Gasteiger partial charge on any atom is -0.469 e. The predicted molar refractivity (Wildman–Crippen MR) is 351 cm³/mol. The molecule has 0 bridgehead atoms. The van der Waals surface area contributed by atoms with Crippen molar-refractivity contribution in [2.45, 2.75) is 116 Å². The molecule has 9 aromatic heterocycles. The molecule has 9 N–H and O–H groups in total. The third-order valence-electron chi connectivity index (χ3n) is 16.4. The van der Waals surface area contributed by atoms with Gasteiger partial charge >= 0.3 is 11.9 Å². The summed E-state index contributed by atoms with van der Waals surface area (Å²) in [7, 11) is 2.75. The van der Waals surface area contributed by atoms with Crippen molar-refractivity contribution in [2.24, 2.45) is 0 Å². The van der Waals surface area contributed by atoms with Crippen LogP contribution in [0.5, 0.6) is 0 Å². The molecule has 2 saturated heterocycles. The first-order valence-electron chi connectivity index (χ1n) is 30.3. The zero-order chi connectivity index (χ0) is 64.1. The largest absolute Gasteiger partial charge is 0.469 e. The molecular weight excluding hydrogens is 1160 g/mol. The lowest BCUT2D eigenvalue weighted by Gasteiger charge is -2.24. The van der Waals surface area contributed by atoms with Crippen LogP contribution in [-0.2, 0) is 39.6 Å². The number of H-pyrrole nitrogens is 2. The number of nitrogens with zero attached hydrogens (tertiary/aromatic N) is 13. The number of pyridine rings is 3. The van der Waals surface area contributed by atoms with Crippen LogP contribution < -0.4 is 17.2 Å². The Morgan fingerprint density at radius 2 is 1.14 bits per heavy atom. The van der Waals surface area contributed by atoms with Crippen molar-refractivity contribution in [1.82, 2.24) is 74.5 Å². The highest BCUT2D eigenvalue weighted by atomic mass is 16.5. The number of fused-ring (bicyclic) bond motifs is 9. The Kier molecular flexibility index (Phi) is 18.2. The molecule has 2 aliphatic heterocycles. The van der Waals surface area contributed by atoms with E-state index in [1.165, 1.54) is 20.3 Å². The maximum absolute atomic E-state index is 11.9. The average molecular weight is 1230 g/mol.